The van der Waals surface area contributed by atoms with Gasteiger partial charge < -0.3 is 10.1 Å². The van der Waals surface area contributed by atoms with E-state index >= 15 is 0 Å². The lowest BCUT2D eigenvalue weighted by Gasteiger charge is -2.12. The Kier molecular flexibility index (Phi) is 5.25. The van der Waals surface area contributed by atoms with E-state index in [1.54, 1.807) is 55.5 Å². The predicted octanol–water partition coefficient (Wildman–Crippen LogP) is 4.61. The Labute approximate surface area is 177 Å². The molecule has 7 heteroatoms. The van der Waals surface area contributed by atoms with Crippen molar-refractivity contribution in [3.63, 3.8) is 0 Å². The summed E-state index contributed by atoms with van der Waals surface area (Å²) < 4.78 is 6.65. The van der Waals surface area contributed by atoms with Crippen molar-refractivity contribution in [1.82, 2.24) is 9.55 Å². The average Bonchev–Trinajstić information content (AvgIpc) is 2.74. The number of fused-ring (bicyclic) bond motifs is 1. The second kappa shape index (κ2) is 8.00. The molecule has 0 saturated heterocycles. The number of para-hydroxylation sites is 1. The number of benzene rings is 3. The van der Waals surface area contributed by atoms with Gasteiger partial charge in [0.2, 0.25) is 0 Å². The highest BCUT2D eigenvalue weighted by Crippen LogP contribution is 2.27. The predicted molar refractivity (Wildman–Crippen MR) is 118 cm³/mol. The molecule has 0 aliphatic heterocycles. The van der Waals surface area contributed by atoms with E-state index in [0.717, 1.165) is 0 Å². The summed E-state index contributed by atoms with van der Waals surface area (Å²) in [5.74, 6) is 0.816. The average molecular weight is 420 g/mol. The molecule has 150 valence electrons. The largest absolute Gasteiger partial charge is 0.495 e. The molecule has 3 aromatic carbocycles. The lowest BCUT2D eigenvalue weighted by molar-refractivity contribution is 0.102. The molecule has 0 atom stereocenters. The van der Waals surface area contributed by atoms with Crippen LogP contribution in [0.3, 0.4) is 0 Å². The zero-order valence-corrected chi connectivity index (χ0v) is 17.1. The van der Waals surface area contributed by atoms with Crippen LogP contribution in [-0.2, 0) is 0 Å². The van der Waals surface area contributed by atoms with Crippen molar-refractivity contribution in [2.24, 2.45) is 0 Å². The van der Waals surface area contributed by atoms with Gasteiger partial charge in [-0.3, -0.25) is 14.2 Å². The summed E-state index contributed by atoms with van der Waals surface area (Å²) >= 11 is 6.10. The third kappa shape index (κ3) is 3.65. The number of hydrogen-bond acceptors (Lipinski definition) is 4. The Bertz CT molecular complexity index is 1310. The number of nitrogens with zero attached hydrogens (tertiary/aromatic N) is 2. The fourth-order valence-electron chi connectivity index (χ4n) is 3.26. The van der Waals surface area contributed by atoms with Crippen molar-refractivity contribution in [3.05, 3.63) is 93.5 Å². The number of nitrogens with one attached hydrogen (secondary N) is 1. The van der Waals surface area contributed by atoms with Crippen molar-refractivity contribution < 1.29 is 9.53 Å². The van der Waals surface area contributed by atoms with Gasteiger partial charge in [0.25, 0.3) is 11.5 Å². The van der Waals surface area contributed by atoms with Crippen molar-refractivity contribution >= 4 is 34.1 Å². The number of halogens is 1. The van der Waals surface area contributed by atoms with Crippen LogP contribution < -0.4 is 15.6 Å². The molecular formula is C23H18ClN3O3. The van der Waals surface area contributed by atoms with E-state index in [2.05, 4.69) is 10.3 Å². The molecule has 0 saturated carbocycles. The number of anilines is 1. The van der Waals surface area contributed by atoms with Crippen LogP contribution in [0.1, 0.15) is 16.2 Å². The molecular weight excluding hydrogens is 402 g/mol. The number of aryl methyl sites for hydroxylation is 1. The van der Waals surface area contributed by atoms with E-state index in [-0.39, 0.29) is 11.5 Å². The van der Waals surface area contributed by atoms with E-state index in [4.69, 9.17) is 16.3 Å². The van der Waals surface area contributed by atoms with Crippen LogP contribution in [0.5, 0.6) is 5.75 Å². The summed E-state index contributed by atoms with van der Waals surface area (Å²) in [6.07, 6.45) is 0. The van der Waals surface area contributed by atoms with Crippen LogP contribution in [0.4, 0.5) is 5.69 Å². The van der Waals surface area contributed by atoms with E-state index in [1.807, 2.05) is 18.2 Å². The number of amides is 1. The molecule has 0 spiro atoms. The van der Waals surface area contributed by atoms with Crippen LogP contribution in [0, 0.1) is 6.92 Å². The first-order valence-electron chi connectivity index (χ1n) is 9.21. The Balaban J connectivity index is 1.62. The minimum absolute atomic E-state index is 0.150. The van der Waals surface area contributed by atoms with Gasteiger partial charge in [-0.05, 0) is 61.5 Å². The van der Waals surface area contributed by atoms with Gasteiger partial charge in [-0.1, -0.05) is 23.7 Å². The van der Waals surface area contributed by atoms with Crippen LogP contribution in [0.2, 0.25) is 5.02 Å². The van der Waals surface area contributed by atoms with Crippen molar-refractivity contribution in [2.75, 3.05) is 12.4 Å². The Hall–Kier alpha value is -3.64. The number of rotatable bonds is 4. The second-order valence-corrected chi connectivity index (χ2v) is 7.07. The van der Waals surface area contributed by atoms with Crippen LogP contribution >= 0.6 is 11.6 Å². The smallest absolute Gasteiger partial charge is 0.265 e. The van der Waals surface area contributed by atoms with Crippen molar-refractivity contribution in [1.29, 1.82) is 0 Å². The Morgan fingerprint density at radius 1 is 1.07 bits per heavy atom. The zero-order valence-electron chi connectivity index (χ0n) is 16.3. The first-order chi connectivity index (χ1) is 14.5. The number of ether oxygens (including phenoxy) is 1. The Morgan fingerprint density at radius 2 is 1.80 bits per heavy atom. The molecule has 1 N–H and O–H groups in total. The minimum atomic E-state index is -0.288. The third-order valence-electron chi connectivity index (χ3n) is 4.74. The van der Waals surface area contributed by atoms with Crippen molar-refractivity contribution in [2.45, 2.75) is 6.92 Å². The van der Waals surface area contributed by atoms with Crippen molar-refractivity contribution in [3.8, 4) is 11.4 Å². The lowest BCUT2D eigenvalue weighted by Crippen LogP contribution is -2.22. The second-order valence-electron chi connectivity index (χ2n) is 6.67. The zero-order chi connectivity index (χ0) is 21.3. The SMILES string of the molecule is COc1ccc(NC(=O)c2ccc(-n3c(C)nc4ccccc4c3=O)cc2)cc1Cl. The van der Waals surface area contributed by atoms with E-state index in [1.165, 1.54) is 11.7 Å². The number of carbonyl (C=O) groups is 1. The first-order valence-corrected chi connectivity index (χ1v) is 9.59. The van der Waals surface area contributed by atoms with E-state index in [0.29, 0.717) is 44.4 Å². The van der Waals surface area contributed by atoms with Crippen LogP contribution in [0.15, 0.2) is 71.5 Å². The highest BCUT2D eigenvalue weighted by Gasteiger charge is 2.12. The van der Waals surface area contributed by atoms with Gasteiger partial charge in [-0.15, -0.1) is 0 Å². The molecule has 30 heavy (non-hydrogen) atoms. The summed E-state index contributed by atoms with van der Waals surface area (Å²) in [4.78, 5) is 30.0. The molecule has 0 bridgehead atoms. The molecule has 0 aliphatic rings. The maximum Gasteiger partial charge on any atom is 0.265 e. The summed E-state index contributed by atoms with van der Waals surface area (Å²) in [5, 5.41) is 3.75. The first kappa shape index (κ1) is 19.7. The normalized spacial score (nSPS) is 10.8. The fraction of sp³-hybridized carbons (Fsp3) is 0.0870. The molecule has 4 aromatic rings. The molecule has 1 heterocycles. The lowest BCUT2D eigenvalue weighted by atomic mass is 10.1. The molecule has 4 rings (SSSR count). The molecule has 0 radical (unpaired) electrons. The van der Waals surface area contributed by atoms with Gasteiger partial charge in [0, 0.05) is 11.3 Å². The minimum Gasteiger partial charge on any atom is -0.495 e. The molecule has 6 nitrogen and oxygen atoms in total. The Morgan fingerprint density at radius 3 is 2.50 bits per heavy atom. The van der Waals surface area contributed by atoms with E-state index < -0.39 is 0 Å². The van der Waals surface area contributed by atoms with Crippen LogP contribution in [-0.4, -0.2) is 22.6 Å². The number of carbonyl (C=O) groups excluding carboxylic acids is 1. The maximum absolute atomic E-state index is 12.9. The monoisotopic (exact) mass is 419 g/mol. The molecule has 1 amide bonds. The highest BCUT2D eigenvalue weighted by molar-refractivity contribution is 6.32. The van der Waals surface area contributed by atoms with Gasteiger partial charge in [0.15, 0.2) is 0 Å². The van der Waals surface area contributed by atoms with Gasteiger partial charge in [0.1, 0.15) is 11.6 Å². The molecule has 0 fully saturated rings. The maximum atomic E-state index is 12.9. The van der Waals surface area contributed by atoms with Gasteiger partial charge >= 0.3 is 0 Å². The third-order valence-corrected chi connectivity index (χ3v) is 5.04. The quantitative estimate of drug-likeness (QED) is 0.524. The number of aromatic nitrogens is 2. The standard InChI is InChI=1S/C23H18ClN3O3/c1-14-25-20-6-4-3-5-18(20)23(29)27(14)17-10-7-15(8-11-17)22(28)26-16-9-12-21(30-2)19(24)13-16/h3-13H,1-2H3,(H,26,28). The van der Waals surface area contributed by atoms with Gasteiger partial charge in [0.05, 0.1) is 28.7 Å². The molecule has 0 unspecified atom stereocenters. The molecule has 1 aromatic heterocycles. The summed E-state index contributed by atoms with van der Waals surface area (Å²) in [6.45, 7) is 1.78. The highest BCUT2D eigenvalue weighted by atomic mass is 35.5. The topological polar surface area (TPSA) is 73.2 Å². The summed E-state index contributed by atoms with van der Waals surface area (Å²) in [6, 6.07) is 19.0. The fourth-order valence-corrected chi connectivity index (χ4v) is 3.51. The summed E-state index contributed by atoms with van der Waals surface area (Å²) in [7, 11) is 1.53. The van der Waals surface area contributed by atoms with Crippen LogP contribution in [0.25, 0.3) is 16.6 Å². The van der Waals surface area contributed by atoms with Gasteiger partial charge in [-0.25, -0.2) is 4.98 Å². The van der Waals surface area contributed by atoms with Gasteiger partial charge in [-0.2, -0.15) is 0 Å². The molecule has 0 aliphatic carbocycles. The number of hydrogen-bond donors (Lipinski definition) is 1. The number of methoxy groups -OCH3 is 1. The van der Waals surface area contributed by atoms with E-state index in [9.17, 15) is 9.59 Å². The summed E-state index contributed by atoms with van der Waals surface area (Å²) in [5.41, 5.74) is 2.15.